The highest BCUT2D eigenvalue weighted by molar-refractivity contribution is 9.10. The van der Waals surface area contributed by atoms with Crippen LogP contribution in [-0.4, -0.2) is 29.8 Å². The van der Waals surface area contributed by atoms with Gasteiger partial charge in [0.1, 0.15) is 6.42 Å². The number of benzene rings is 1. The number of nitrogens with zero attached hydrogens (tertiary/aromatic N) is 1. The third-order valence-corrected chi connectivity index (χ3v) is 3.31. The number of carbonyl (C=O) groups excluding carboxylic acids is 2. The lowest BCUT2D eigenvalue weighted by Gasteiger charge is -2.21. The molecule has 1 rings (SSSR count). The number of halogens is 1. The summed E-state index contributed by atoms with van der Waals surface area (Å²) in [5.74, 6) is -0.377. The molecule has 0 aliphatic carbocycles. The fraction of sp³-hybridized carbons (Fsp3) is 0.467. The smallest absolute Gasteiger partial charge is 0.233 e. The lowest BCUT2D eigenvalue weighted by molar-refractivity contribution is -0.134. The van der Waals surface area contributed by atoms with Gasteiger partial charge in [-0.3, -0.25) is 9.59 Å². The Morgan fingerprint density at radius 1 is 1.10 bits per heavy atom. The number of nitrogens with one attached hydrogen (secondary N) is 1. The number of carbonyl (C=O) groups is 2. The monoisotopic (exact) mass is 340 g/mol. The van der Waals surface area contributed by atoms with E-state index in [1.54, 1.807) is 17.0 Å². The van der Waals surface area contributed by atoms with Crippen LogP contribution in [-0.2, 0) is 9.59 Å². The zero-order valence-corrected chi connectivity index (χ0v) is 13.6. The molecule has 0 aliphatic rings. The van der Waals surface area contributed by atoms with Gasteiger partial charge in [-0.1, -0.05) is 29.8 Å². The van der Waals surface area contributed by atoms with Crippen molar-refractivity contribution in [3.63, 3.8) is 0 Å². The number of amides is 2. The summed E-state index contributed by atoms with van der Waals surface area (Å²) in [5.41, 5.74) is 0.698. The Bertz CT molecular complexity index is 440. The van der Waals surface area contributed by atoms with E-state index in [9.17, 15) is 9.59 Å². The van der Waals surface area contributed by atoms with Crippen LogP contribution in [0.1, 0.15) is 33.1 Å². The van der Waals surface area contributed by atoms with Gasteiger partial charge in [-0.15, -0.1) is 0 Å². The molecule has 0 heterocycles. The van der Waals surface area contributed by atoms with Crippen LogP contribution in [0.2, 0.25) is 0 Å². The molecular formula is C15H21BrN2O2. The summed E-state index contributed by atoms with van der Waals surface area (Å²) >= 11 is 3.33. The Morgan fingerprint density at radius 3 is 2.15 bits per heavy atom. The van der Waals surface area contributed by atoms with Crippen LogP contribution in [0.4, 0.5) is 5.69 Å². The molecule has 110 valence electrons. The van der Waals surface area contributed by atoms with Crippen molar-refractivity contribution in [3.05, 3.63) is 28.7 Å². The topological polar surface area (TPSA) is 49.4 Å². The molecule has 1 aromatic rings. The van der Waals surface area contributed by atoms with Gasteiger partial charge in [0, 0.05) is 23.2 Å². The summed E-state index contributed by atoms with van der Waals surface area (Å²) in [4.78, 5) is 25.6. The van der Waals surface area contributed by atoms with E-state index in [0.29, 0.717) is 18.8 Å². The van der Waals surface area contributed by atoms with Crippen molar-refractivity contribution in [1.29, 1.82) is 0 Å². The Balaban J connectivity index is 2.51. The van der Waals surface area contributed by atoms with Gasteiger partial charge in [0.2, 0.25) is 11.8 Å². The second-order valence-corrected chi connectivity index (χ2v) is 5.53. The van der Waals surface area contributed by atoms with E-state index >= 15 is 0 Å². The van der Waals surface area contributed by atoms with Crippen molar-refractivity contribution >= 4 is 33.4 Å². The Hall–Kier alpha value is -1.36. The average Bonchev–Trinajstić information content (AvgIpc) is 2.41. The van der Waals surface area contributed by atoms with E-state index in [2.05, 4.69) is 21.2 Å². The predicted molar refractivity (Wildman–Crippen MR) is 84.6 cm³/mol. The molecule has 4 nitrogen and oxygen atoms in total. The van der Waals surface area contributed by atoms with Gasteiger partial charge in [-0.05, 0) is 37.1 Å². The van der Waals surface area contributed by atoms with Gasteiger partial charge in [0.25, 0.3) is 0 Å². The molecule has 0 radical (unpaired) electrons. The molecule has 5 heteroatoms. The summed E-state index contributed by atoms with van der Waals surface area (Å²) in [5, 5.41) is 2.73. The molecule has 20 heavy (non-hydrogen) atoms. The highest BCUT2D eigenvalue weighted by Crippen LogP contribution is 2.14. The van der Waals surface area contributed by atoms with Crippen LogP contribution in [0, 0.1) is 0 Å². The molecule has 0 aromatic heterocycles. The molecule has 1 N–H and O–H groups in total. The maximum Gasteiger partial charge on any atom is 0.233 e. The minimum atomic E-state index is -0.269. The quantitative estimate of drug-likeness (QED) is 0.773. The number of hydrogen-bond donors (Lipinski definition) is 1. The van der Waals surface area contributed by atoms with Crippen LogP contribution < -0.4 is 5.32 Å². The molecule has 1 aromatic carbocycles. The lowest BCUT2D eigenvalue weighted by Crippen LogP contribution is -2.35. The molecular weight excluding hydrogens is 320 g/mol. The van der Waals surface area contributed by atoms with Crippen LogP contribution in [0.3, 0.4) is 0 Å². The van der Waals surface area contributed by atoms with Gasteiger partial charge >= 0.3 is 0 Å². The number of rotatable bonds is 7. The first-order chi connectivity index (χ1) is 9.56. The molecule has 0 atom stereocenters. The first-order valence-corrected chi connectivity index (χ1v) is 7.69. The average molecular weight is 341 g/mol. The Labute approximate surface area is 128 Å². The SMILES string of the molecule is CCCN(CCC)C(=O)CC(=O)Nc1ccc(Br)cc1. The first-order valence-electron chi connectivity index (χ1n) is 6.90. The second kappa shape index (κ2) is 8.74. The number of anilines is 1. The lowest BCUT2D eigenvalue weighted by atomic mass is 10.2. The molecule has 0 bridgehead atoms. The maximum atomic E-state index is 12.0. The summed E-state index contributed by atoms with van der Waals surface area (Å²) in [6.45, 7) is 5.46. The van der Waals surface area contributed by atoms with Crippen molar-refractivity contribution in [2.24, 2.45) is 0 Å². The van der Waals surface area contributed by atoms with Crippen molar-refractivity contribution in [3.8, 4) is 0 Å². The Kier molecular flexibility index (Phi) is 7.30. The van der Waals surface area contributed by atoms with Crippen LogP contribution in [0.15, 0.2) is 28.7 Å². The zero-order valence-electron chi connectivity index (χ0n) is 12.0. The van der Waals surface area contributed by atoms with Gasteiger partial charge in [0.15, 0.2) is 0 Å². The predicted octanol–water partition coefficient (Wildman–Crippen LogP) is 3.43. The summed E-state index contributed by atoms with van der Waals surface area (Å²) in [6, 6.07) is 7.28. The van der Waals surface area contributed by atoms with Gasteiger partial charge < -0.3 is 10.2 Å². The van der Waals surface area contributed by atoms with E-state index < -0.39 is 0 Å². The van der Waals surface area contributed by atoms with E-state index in [-0.39, 0.29) is 18.2 Å². The van der Waals surface area contributed by atoms with E-state index in [1.807, 2.05) is 26.0 Å². The highest BCUT2D eigenvalue weighted by Gasteiger charge is 2.15. The van der Waals surface area contributed by atoms with E-state index in [4.69, 9.17) is 0 Å². The second-order valence-electron chi connectivity index (χ2n) is 4.61. The molecule has 0 spiro atoms. The van der Waals surface area contributed by atoms with Crippen LogP contribution in [0.5, 0.6) is 0 Å². The van der Waals surface area contributed by atoms with Crippen molar-refractivity contribution in [2.75, 3.05) is 18.4 Å². The van der Waals surface area contributed by atoms with Crippen LogP contribution in [0.25, 0.3) is 0 Å². The minimum absolute atomic E-state index is 0.101. The zero-order chi connectivity index (χ0) is 15.0. The molecule has 0 saturated heterocycles. The highest BCUT2D eigenvalue weighted by atomic mass is 79.9. The largest absolute Gasteiger partial charge is 0.342 e. The number of hydrogen-bond acceptors (Lipinski definition) is 2. The summed E-state index contributed by atoms with van der Waals surface area (Å²) in [7, 11) is 0. The van der Waals surface area contributed by atoms with Crippen LogP contribution >= 0.6 is 15.9 Å². The fourth-order valence-corrected chi connectivity index (χ4v) is 2.15. The van der Waals surface area contributed by atoms with E-state index in [1.165, 1.54) is 0 Å². The van der Waals surface area contributed by atoms with Crippen molar-refractivity contribution in [2.45, 2.75) is 33.1 Å². The molecule has 0 unspecified atom stereocenters. The van der Waals surface area contributed by atoms with Gasteiger partial charge in [-0.2, -0.15) is 0 Å². The van der Waals surface area contributed by atoms with Crippen molar-refractivity contribution < 1.29 is 9.59 Å². The normalized spacial score (nSPS) is 10.2. The summed E-state index contributed by atoms with van der Waals surface area (Å²) < 4.78 is 0.948. The maximum absolute atomic E-state index is 12.0. The Morgan fingerprint density at radius 2 is 1.65 bits per heavy atom. The minimum Gasteiger partial charge on any atom is -0.342 e. The summed E-state index contributed by atoms with van der Waals surface area (Å²) in [6.07, 6.45) is 1.70. The first kappa shape index (κ1) is 16.7. The molecule has 0 fully saturated rings. The molecule has 0 aliphatic heterocycles. The van der Waals surface area contributed by atoms with Gasteiger partial charge in [0.05, 0.1) is 0 Å². The third-order valence-electron chi connectivity index (χ3n) is 2.78. The standard InChI is InChI=1S/C15H21BrN2O2/c1-3-9-18(10-4-2)15(20)11-14(19)17-13-7-5-12(16)6-8-13/h5-8H,3-4,9-11H2,1-2H3,(H,17,19). The van der Waals surface area contributed by atoms with Gasteiger partial charge in [-0.25, -0.2) is 0 Å². The molecule has 2 amide bonds. The third kappa shape index (κ3) is 5.74. The molecule has 0 saturated carbocycles. The fourth-order valence-electron chi connectivity index (χ4n) is 1.89. The van der Waals surface area contributed by atoms with Crippen molar-refractivity contribution in [1.82, 2.24) is 4.90 Å². The van der Waals surface area contributed by atoms with E-state index in [0.717, 1.165) is 17.3 Å².